The molecule has 0 atom stereocenters. The molecule has 0 radical (unpaired) electrons. The normalized spacial score (nSPS) is 18.3. The van der Waals surface area contributed by atoms with E-state index in [-0.39, 0.29) is 5.91 Å². The third-order valence-electron chi connectivity index (χ3n) is 3.26. The minimum absolute atomic E-state index is 0.0445. The molecule has 0 unspecified atom stereocenters. The Morgan fingerprint density at radius 3 is 2.33 bits per heavy atom. The van der Waals surface area contributed by atoms with Crippen LogP contribution in [0.25, 0.3) is 0 Å². The fourth-order valence-corrected chi connectivity index (χ4v) is 2.12. The number of carbonyl (C=O) groups is 1. The fourth-order valence-electron chi connectivity index (χ4n) is 2.12. The van der Waals surface area contributed by atoms with E-state index in [0.717, 1.165) is 12.8 Å². The van der Waals surface area contributed by atoms with Crippen molar-refractivity contribution in [2.45, 2.75) is 52.0 Å². The Morgan fingerprint density at radius 2 is 1.87 bits per heavy atom. The van der Waals surface area contributed by atoms with Crippen LogP contribution in [0.5, 0.6) is 0 Å². The zero-order valence-electron chi connectivity index (χ0n) is 9.92. The highest BCUT2D eigenvalue weighted by Crippen LogP contribution is 2.25. The lowest BCUT2D eigenvalue weighted by molar-refractivity contribution is -0.138. The van der Waals surface area contributed by atoms with Gasteiger partial charge in [-0.1, -0.05) is 19.3 Å². The molecule has 0 aromatic rings. The van der Waals surface area contributed by atoms with Crippen LogP contribution in [0.15, 0.2) is 0 Å². The highest BCUT2D eigenvalue weighted by atomic mass is 16.2. The van der Waals surface area contributed by atoms with Crippen molar-refractivity contribution in [1.29, 1.82) is 5.26 Å². The molecule has 3 nitrogen and oxygen atoms in total. The molecule has 1 amide bonds. The molecule has 0 N–H and O–H groups in total. The number of nitrogens with zero attached hydrogens (tertiary/aromatic N) is 2. The first-order valence-electron chi connectivity index (χ1n) is 5.67. The van der Waals surface area contributed by atoms with Crippen molar-refractivity contribution < 1.29 is 4.79 Å². The maximum Gasteiger partial charge on any atom is 0.242 e. The van der Waals surface area contributed by atoms with Crippen LogP contribution in [0.2, 0.25) is 0 Å². The van der Waals surface area contributed by atoms with E-state index in [0.29, 0.717) is 6.04 Å². The SMILES string of the molecule is CN(C(=O)C(C)(C)C#N)C1CCCCC1. The van der Waals surface area contributed by atoms with E-state index in [1.165, 1.54) is 19.3 Å². The van der Waals surface area contributed by atoms with Gasteiger partial charge in [0.2, 0.25) is 5.91 Å². The van der Waals surface area contributed by atoms with Gasteiger partial charge >= 0.3 is 0 Å². The summed E-state index contributed by atoms with van der Waals surface area (Å²) in [7, 11) is 1.83. The van der Waals surface area contributed by atoms with Gasteiger partial charge < -0.3 is 4.90 Å². The molecule has 1 aliphatic carbocycles. The van der Waals surface area contributed by atoms with Gasteiger partial charge in [0.15, 0.2) is 0 Å². The molecule has 1 aliphatic rings. The van der Waals surface area contributed by atoms with Gasteiger partial charge in [-0.3, -0.25) is 4.79 Å². The van der Waals surface area contributed by atoms with E-state index >= 15 is 0 Å². The van der Waals surface area contributed by atoms with Crippen LogP contribution in [-0.4, -0.2) is 23.9 Å². The summed E-state index contributed by atoms with van der Waals surface area (Å²) in [6, 6.07) is 2.42. The largest absolute Gasteiger partial charge is 0.341 e. The zero-order chi connectivity index (χ0) is 11.5. The standard InChI is InChI=1S/C12H20N2O/c1-12(2,9-13)11(15)14(3)10-7-5-4-6-8-10/h10H,4-8H2,1-3H3. The molecule has 1 rings (SSSR count). The summed E-state index contributed by atoms with van der Waals surface area (Å²) in [5.74, 6) is -0.0445. The van der Waals surface area contributed by atoms with Crippen molar-refractivity contribution >= 4 is 5.91 Å². The Balaban J connectivity index is 2.63. The van der Waals surface area contributed by atoms with Crippen molar-refractivity contribution in [1.82, 2.24) is 4.90 Å². The van der Waals surface area contributed by atoms with Gasteiger partial charge in [-0.05, 0) is 26.7 Å². The number of carbonyl (C=O) groups excluding carboxylic acids is 1. The summed E-state index contributed by atoms with van der Waals surface area (Å²) in [5, 5.41) is 8.91. The molecular weight excluding hydrogens is 188 g/mol. The second-order valence-electron chi connectivity index (χ2n) is 4.94. The lowest BCUT2D eigenvalue weighted by atomic mass is 9.90. The van der Waals surface area contributed by atoms with Gasteiger partial charge in [-0.15, -0.1) is 0 Å². The smallest absolute Gasteiger partial charge is 0.242 e. The molecule has 0 aromatic carbocycles. The summed E-state index contributed by atoms with van der Waals surface area (Å²) >= 11 is 0. The van der Waals surface area contributed by atoms with E-state index in [1.807, 2.05) is 7.05 Å². The second kappa shape index (κ2) is 4.65. The van der Waals surface area contributed by atoms with Crippen molar-refractivity contribution in [2.24, 2.45) is 5.41 Å². The van der Waals surface area contributed by atoms with Crippen LogP contribution in [0.3, 0.4) is 0 Å². The Morgan fingerprint density at radius 1 is 1.33 bits per heavy atom. The summed E-state index contributed by atoms with van der Waals surface area (Å²) in [6.07, 6.45) is 5.86. The van der Waals surface area contributed by atoms with Crippen LogP contribution < -0.4 is 0 Å². The number of nitriles is 1. The number of amides is 1. The van der Waals surface area contributed by atoms with Crippen molar-refractivity contribution in [2.75, 3.05) is 7.05 Å². The maximum atomic E-state index is 12.0. The molecule has 0 bridgehead atoms. The molecule has 84 valence electrons. The second-order valence-corrected chi connectivity index (χ2v) is 4.94. The third kappa shape index (κ3) is 2.71. The van der Waals surface area contributed by atoms with Crippen LogP contribution in [-0.2, 0) is 4.79 Å². The molecule has 1 fully saturated rings. The van der Waals surface area contributed by atoms with E-state index < -0.39 is 5.41 Å². The van der Waals surface area contributed by atoms with Crippen molar-refractivity contribution in [3.8, 4) is 6.07 Å². The first kappa shape index (κ1) is 12.0. The van der Waals surface area contributed by atoms with Gasteiger partial charge in [-0.25, -0.2) is 0 Å². The van der Waals surface area contributed by atoms with Crippen LogP contribution >= 0.6 is 0 Å². The number of hydrogen-bond donors (Lipinski definition) is 0. The number of rotatable bonds is 2. The molecule has 15 heavy (non-hydrogen) atoms. The predicted molar refractivity (Wildman–Crippen MR) is 59.0 cm³/mol. The zero-order valence-corrected chi connectivity index (χ0v) is 9.92. The summed E-state index contributed by atoms with van der Waals surface area (Å²) in [5.41, 5.74) is -0.883. The van der Waals surface area contributed by atoms with Gasteiger partial charge in [-0.2, -0.15) is 5.26 Å². The van der Waals surface area contributed by atoms with Crippen molar-refractivity contribution in [3.05, 3.63) is 0 Å². The summed E-state index contributed by atoms with van der Waals surface area (Å²) in [4.78, 5) is 13.8. The van der Waals surface area contributed by atoms with E-state index in [9.17, 15) is 4.79 Å². The Labute approximate surface area is 92.1 Å². The van der Waals surface area contributed by atoms with E-state index in [1.54, 1.807) is 18.7 Å². The molecule has 1 saturated carbocycles. The quantitative estimate of drug-likeness (QED) is 0.699. The molecule has 3 heteroatoms. The molecule has 0 heterocycles. The molecule has 0 aliphatic heterocycles. The van der Waals surface area contributed by atoms with Crippen molar-refractivity contribution in [3.63, 3.8) is 0 Å². The Hall–Kier alpha value is -1.04. The maximum absolute atomic E-state index is 12.0. The van der Waals surface area contributed by atoms with Gasteiger partial charge in [0.05, 0.1) is 6.07 Å². The lowest BCUT2D eigenvalue weighted by Gasteiger charge is -2.34. The summed E-state index contributed by atoms with van der Waals surface area (Å²) < 4.78 is 0. The Kier molecular flexibility index (Phi) is 3.73. The Bertz CT molecular complexity index is 272. The fraction of sp³-hybridized carbons (Fsp3) is 0.833. The van der Waals surface area contributed by atoms with Crippen LogP contribution in [0, 0.1) is 16.7 Å². The highest BCUT2D eigenvalue weighted by Gasteiger charge is 2.33. The molecular formula is C12H20N2O. The third-order valence-corrected chi connectivity index (χ3v) is 3.26. The van der Waals surface area contributed by atoms with E-state index in [2.05, 4.69) is 6.07 Å². The molecule has 0 saturated heterocycles. The molecule has 0 aromatic heterocycles. The van der Waals surface area contributed by atoms with Gasteiger partial charge in [0, 0.05) is 13.1 Å². The van der Waals surface area contributed by atoms with Gasteiger partial charge in [0.25, 0.3) is 0 Å². The molecule has 0 spiro atoms. The topological polar surface area (TPSA) is 44.1 Å². The summed E-state index contributed by atoms with van der Waals surface area (Å²) in [6.45, 7) is 3.38. The van der Waals surface area contributed by atoms with Crippen LogP contribution in [0.4, 0.5) is 0 Å². The average Bonchev–Trinajstić information content (AvgIpc) is 2.28. The minimum Gasteiger partial charge on any atom is -0.341 e. The lowest BCUT2D eigenvalue weighted by Crippen LogP contribution is -2.44. The number of hydrogen-bond acceptors (Lipinski definition) is 2. The van der Waals surface area contributed by atoms with E-state index in [4.69, 9.17) is 5.26 Å². The first-order valence-corrected chi connectivity index (χ1v) is 5.67. The average molecular weight is 208 g/mol. The highest BCUT2D eigenvalue weighted by molar-refractivity contribution is 5.84. The monoisotopic (exact) mass is 208 g/mol. The first-order chi connectivity index (χ1) is 6.99. The van der Waals surface area contributed by atoms with Crippen LogP contribution in [0.1, 0.15) is 46.0 Å². The van der Waals surface area contributed by atoms with Gasteiger partial charge in [0.1, 0.15) is 5.41 Å². The minimum atomic E-state index is -0.883. The predicted octanol–water partition coefficient (Wildman–Crippen LogP) is 2.33.